The number of anilines is 2. The van der Waals surface area contributed by atoms with Crippen LogP contribution in [0.15, 0.2) is 63.4 Å². The lowest BCUT2D eigenvalue weighted by atomic mass is 9.99. The van der Waals surface area contributed by atoms with E-state index < -0.39 is 17.5 Å². The topological polar surface area (TPSA) is 183 Å². The van der Waals surface area contributed by atoms with Gasteiger partial charge in [-0.3, -0.25) is 9.36 Å². The molecule has 1 unspecified atom stereocenters. The largest absolute Gasteiger partial charge is 0.461 e. The molecule has 1 heterocycles. The van der Waals surface area contributed by atoms with E-state index in [0.717, 1.165) is 30.6 Å². The zero-order valence-electron chi connectivity index (χ0n) is 27.5. The molecule has 250 valence electrons. The third-order valence-corrected chi connectivity index (χ3v) is 7.98. The fourth-order valence-corrected chi connectivity index (χ4v) is 4.91. The third-order valence-electron chi connectivity index (χ3n) is 6.88. The van der Waals surface area contributed by atoms with Crippen LogP contribution in [0.3, 0.4) is 0 Å². The van der Waals surface area contributed by atoms with Crippen LogP contribution in [-0.4, -0.2) is 47.1 Å². The van der Waals surface area contributed by atoms with E-state index in [1.165, 1.54) is 16.5 Å². The van der Waals surface area contributed by atoms with E-state index in [0.29, 0.717) is 42.0 Å². The number of carbonyl (C=O) groups is 2. The van der Waals surface area contributed by atoms with Gasteiger partial charge in [0.25, 0.3) is 5.56 Å². The van der Waals surface area contributed by atoms with Crippen molar-refractivity contribution < 1.29 is 19.1 Å². The number of rotatable bonds is 17. The van der Waals surface area contributed by atoms with Crippen molar-refractivity contribution in [3.8, 4) is 6.07 Å². The lowest BCUT2D eigenvalue weighted by molar-refractivity contribution is -0.139. The SMILES string of the molecule is C=C(C)C(=O)OCCN(CCOC(=O)C(=C)C)Sc1ccc(N)cc1.CCCCC(CC)Cn1c(N=O)c(N)c(C)c(C#N)c1=O. The van der Waals surface area contributed by atoms with Crippen LogP contribution in [0.25, 0.3) is 0 Å². The molecule has 0 spiro atoms. The smallest absolute Gasteiger partial charge is 0.333 e. The number of nitrogens with two attached hydrogens (primary N) is 2. The lowest BCUT2D eigenvalue weighted by Crippen LogP contribution is -2.28. The Bertz CT molecular complexity index is 1430. The lowest BCUT2D eigenvalue weighted by Gasteiger charge is -2.21. The predicted molar refractivity (Wildman–Crippen MR) is 183 cm³/mol. The van der Waals surface area contributed by atoms with E-state index in [1.807, 2.05) is 41.6 Å². The van der Waals surface area contributed by atoms with Crippen molar-refractivity contribution in [3.63, 3.8) is 0 Å². The normalized spacial score (nSPS) is 11.1. The maximum Gasteiger partial charge on any atom is 0.333 e. The summed E-state index contributed by atoms with van der Waals surface area (Å²) in [5, 5.41) is 12.0. The van der Waals surface area contributed by atoms with Gasteiger partial charge in [-0.15, -0.1) is 4.91 Å². The van der Waals surface area contributed by atoms with E-state index in [2.05, 4.69) is 25.3 Å². The molecule has 0 fully saturated rings. The van der Waals surface area contributed by atoms with Crippen molar-refractivity contribution in [2.24, 2.45) is 11.1 Å². The van der Waals surface area contributed by atoms with Gasteiger partial charge in [0.1, 0.15) is 24.8 Å². The van der Waals surface area contributed by atoms with Crippen LogP contribution in [0.1, 0.15) is 64.5 Å². The summed E-state index contributed by atoms with van der Waals surface area (Å²) in [7, 11) is 0. The Hall–Kier alpha value is -4.41. The number of benzene rings is 1. The number of nitriles is 1. The summed E-state index contributed by atoms with van der Waals surface area (Å²) in [6.07, 6.45) is 3.99. The molecular formula is C33H46N6O6S. The molecule has 0 radical (unpaired) electrons. The Labute approximate surface area is 275 Å². The summed E-state index contributed by atoms with van der Waals surface area (Å²) in [6.45, 7) is 17.7. The number of esters is 2. The summed E-state index contributed by atoms with van der Waals surface area (Å²) in [5.74, 6) is -0.652. The second-order valence-corrected chi connectivity index (χ2v) is 11.9. The zero-order valence-corrected chi connectivity index (χ0v) is 28.3. The molecule has 12 nitrogen and oxygen atoms in total. The molecule has 0 aliphatic rings. The minimum atomic E-state index is -0.478. The summed E-state index contributed by atoms with van der Waals surface area (Å²) in [5.41, 5.74) is 12.9. The molecule has 0 amide bonds. The highest BCUT2D eigenvalue weighted by molar-refractivity contribution is 7.97. The van der Waals surface area contributed by atoms with Crippen LogP contribution in [0.2, 0.25) is 0 Å². The van der Waals surface area contributed by atoms with Gasteiger partial charge in [0.2, 0.25) is 5.82 Å². The van der Waals surface area contributed by atoms with E-state index in [-0.39, 0.29) is 36.2 Å². The van der Waals surface area contributed by atoms with Crippen LogP contribution >= 0.6 is 11.9 Å². The first-order chi connectivity index (χ1) is 21.8. The molecule has 0 saturated heterocycles. The maximum atomic E-state index is 12.4. The number of ether oxygens (including phenoxy) is 2. The van der Waals surface area contributed by atoms with Gasteiger partial charge in [-0.25, -0.2) is 13.9 Å². The number of hydrogen-bond acceptors (Lipinski definition) is 12. The number of nitrogens with zero attached hydrogens (tertiary/aromatic N) is 4. The van der Waals surface area contributed by atoms with E-state index in [1.54, 1.807) is 20.8 Å². The Kier molecular flexibility index (Phi) is 17.7. The number of nitrogen functional groups attached to an aromatic ring is 2. The van der Waals surface area contributed by atoms with Gasteiger partial charge < -0.3 is 20.9 Å². The molecule has 0 bridgehead atoms. The van der Waals surface area contributed by atoms with E-state index in [9.17, 15) is 19.3 Å². The molecule has 0 saturated carbocycles. The van der Waals surface area contributed by atoms with Gasteiger partial charge in [0.15, 0.2) is 0 Å². The Morgan fingerprint density at radius 1 is 1.07 bits per heavy atom. The molecule has 1 aromatic carbocycles. The van der Waals surface area contributed by atoms with Gasteiger partial charge in [-0.1, -0.05) is 46.3 Å². The summed E-state index contributed by atoms with van der Waals surface area (Å²) >= 11 is 1.47. The number of carbonyl (C=O) groups excluding carboxylic acids is 2. The molecule has 2 rings (SSSR count). The molecule has 46 heavy (non-hydrogen) atoms. The van der Waals surface area contributed by atoms with E-state index >= 15 is 0 Å². The summed E-state index contributed by atoms with van der Waals surface area (Å²) in [4.78, 5) is 47.3. The number of pyridine rings is 1. The second kappa shape index (κ2) is 20.6. The van der Waals surface area contributed by atoms with Crippen molar-refractivity contribution in [2.75, 3.05) is 37.8 Å². The highest BCUT2D eigenvalue weighted by Crippen LogP contribution is 2.27. The maximum absolute atomic E-state index is 12.4. The van der Waals surface area contributed by atoms with Gasteiger partial charge in [-0.05, 0) is 80.1 Å². The summed E-state index contributed by atoms with van der Waals surface area (Å²) in [6, 6.07) is 9.28. The minimum absolute atomic E-state index is 0.00903. The van der Waals surface area contributed by atoms with Crippen molar-refractivity contribution in [1.82, 2.24) is 8.87 Å². The van der Waals surface area contributed by atoms with Crippen molar-refractivity contribution >= 4 is 41.1 Å². The Morgan fingerprint density at radius 3 is 2.04 bits per heavy atom. The average Bonchev–Trinajstić information content (AvgIpc) is 3.02. The first-order valence-corrected chi connectivity index (χ1v) is 15.8. The predicted octanol–water partition coefficient (Wildman–Crippen LogP) is 6.04. The fourth-order valence-electron chi connectivity index (χ4n) is 4.02. The zero-order chi connectivity index (χ0) is 34.8. The van der Waals surface area contributed by atoms with Gasteiger partial charge in [0, 0.05) is 41.4 Å². The first-order valence-electron chi connectivity index (χ1n) is 15.0. The fraction of sp³-hybridized carbons (Fsp3) is 0.455. The van der Waals surface area contributed by atoms with Crippen LogP contribution in [0.4, 0.5) is 17.2 Å². The molecule has 13 heteroatoms. The first kappa shape index (κ1) is 39.6. The van der Waals surface area contributed by atoms with Crippen LogP contribution in [0, 0.1) is 29.1 Å². The number of hydrogen-bond donors (Lipinski definition) is 2. The molecule has 0 aliphatic heterocycles. The second-order valence-electron chi connectivity index (χ2n) is 10.7. The molecule has 0 aliphatic carbocycles. The van der Waals surface area contributed by atoms with Crippen molar-refractivity contribution in [1.29, 1.82) is 5.26 Å². The minimum Gasteiger partial charge on any atom is -0.461 e. The highest BCUT2D eigenvalue weighted by Gasteiger charge is 2.20. The van der Waals surface area contributed by atoms with Crippen LogP contribution in [0.5, 0.6) is 0 Å². The highest BCUT2D eigenvalue weighted by atomic mass is 32.2. The molecule has 1 atom stereocenters. The van der Waals surface area contributed by atoms with Crippen LogP contribution in [-0.2, 0) is 25.6 Å². The van der Waals surface area contributed by atoms with Gasteiger partial charge in [-0.2, -0.15) is 5.26 Å². The Balaban J connectivity index is 0.000000467. The third kappa shape index (κ3) is 12.9. The number of unbranched alkanes of at least 4 members (excludes halogenated alkanes) is 1. The molecule has 1 aromatic heterocycles. The Morgan fingerprint density at radius 2 is 1.61 bits per heavy atom. The standard InChI is InChI=1S/C18H24N2O4S.C15H22N4O2/c1-13(2)17(21)23-11-9-20(10-12-24-18(22)14(3)4)25-16-7-5-15(19)6-8-16;1-4-6-7-11(5-2)9-19-14(18-21)13(17)10(3)12(8-16)15(19)20/h5-8H,1,3,9-12,19H2,2,4H3;11H,4-7,9,17H2,1-3H3. The number of nitroso groups, excluding NO2 is 1. The molecular weight excluding hydrogens is 608 g/mol. The quantitative estimate of drug-likeness (QED) is 0.0666. The molecule has 4 N–H and O–H groups in total. The number of aromatic nitrogens is 1. The summed E-state index contributed by atoms with van der Waals surface area (Å²) < 4.78 is 13.5. The van der Waals surface area contributed by atoms with Crippen LogP contribution < -0.4 is 17.0 Å². The average molecular weight is 655 g/mol. The van der Waals surface area contributed by atoms with Crippen molar-refractivity contribution in [3.05, 3.63) is 75.0 Å². The van der Waals surface area contributed by atoms with Gasteiger partial charge >= 0.3 is 11.9 Å². The van der Waals surface area contributed by atoms with E-state index in [4.69, 9.17) is 26.2 Å². The van der Waals surface area contributed by atoms with Crippen molar-refractivity contribution in [2.45, 2.75) is 71.7 Å². The molecule has 2 aromatic rings. The van der Waals surface area contributed by atoms with Gasteiger partial charge in [0.05, 0.1) is 5.69 Å². The monoisotopic (exact) mass is 654 g/mol.